The summed E-state index contributed by atoms with van der Waals surface area (Å²) in [6.07, 6.45) is 1.32. The lowest BCUT2D eigenvalue weighted by atomic mass is 10.0. The Morgan fingerprint density at radius 1 is 1.19 bits per heavy atom. The van der Waals surface area contributed by atoms with Gasteiger partial charge in [-0.15, -0.1) is 13.2 Å². The summed E-state index contributed by atoms with van der Waals surface area (Å²) in [4.78, 5) is 25.4. The van der Waals surface area contributed by atoms with Gasteiger partial charge in [0.05, 0.1) is 6.54 Å². The molecule has 0 aliphatic heterocycles. The Morgan fingerprint density at radius 3 is 2.38 bits per heavy atom. The van der Waals surface area contributed by atoms with E-state index < -0.39 is 12.3 Å². The molecule has 0 unspecified atom stereocenters. The molecule has 1 fully saturated rings. The topological polar surface area (TPSA) is 58.6 Å². The summed E-state index contributed by atoms with van der Waals surface area (Å²) in [6.45, 7) is -0.107. The van der Waals surface area contributed by atoms with Crippen molar-refractivity contribution in [3.63, 3.8) is 0 Å². The molecule has 0 aromatic heterocycles. The molecule has 0 radical (unpaired) electrons. The fourth-order valence-corrected chi connectivity index (χ4v) is 3.06. The molecule has 0 spiro atoms. The van der Waals surface area contributed by atoms with Crippen molar-refractivity contribution in [1.29, 1.82) is 0 Å². The maximum Gasteiger partial charge on any atom is 0.573 e. The number of nitrogens with one attached hydrogen (secondary N) is 1. The van der Waals surface area contributed by atoms with Crippen molar-refractivity contribution in [1.82, 2.24) is 4.90 Å². The lowest BCUT2D eigenvalue weighted by Crippen LogP contribution is -2.35. The van der Waals surface area contributed by atoms with Crippen molar-refractivity contribution in [3.8, 4) is 5.75 Å². The van der Waals surface area contributed by atoms with Gasteiger partial charge in [0.15, 0.2) is 0 Å². The van der Waals surface area contributed by atoms with Crippen molar-refractivity contribution >= 4 is 17.5 Å². The second-order valence-corrected chi connectivity index (χ2v) is 6.56. The smallest absolute Gasteiger partial charge is 0.406 e. The number of rotatable bonds is 7. The van der Waals surface area contributed by atoms with Crippen LogP contribution in [0.4, 0.5) is 18.9 Å². The number of carbonyl (C=O) groups excluding carboxylic acids is 2. The van der Waals surface area contributed by atoms with Crippen LogP contribution >= 0.6 is 0 Å². The summed E-state index contributed by atoms with van der Waals surface area (Å²) in [5, 5.41) is 2.55. The molecular weight excluding hydrogens is 349 g/mol. The number of nitrogens with zero attached hydrogens (tertiary/aromatic N) is 1. The third-order valence-corrected chi connectivity index (χ3v) is 4.42. The number of anilines is 1. The molecule has 5 nitrogen and oxygen atoms in total. The van der Waals surface area contributed by atoms with Crippen LogP contribution in [0.5, 0.6) is 5.75 Å². The summed E-state index contributed by atoms with van der Waals surface area (Å²) in [5.74, 6) is -0.250. The van der Waals surface area contributed by atoms with Gasteiger partial charge in [-0.25, -0.2) is 0 Å². The number of amides is 2. The van der Waals surface area contributed by atoms with Gasteiger partial charge < -0.3 is 15.0 Å². The summed E-state index contributed by atoms with van der Waals surface area (Å²) in [6, 6.07) is 4.83. The van der Waals surface area contributed by atoms with E-state index in [2.05, 4.69) is 10.1 Å². The van der Waals surface area contributed by atoms with Crippen molar-refractivity contribution in [3.05, 3.63) is 24.3 Å². The Morgan fingerprint density at radius 2 is 1.81 bits per heavy atom. The molecule has 26 heavy (non-hydrogen) atoms. The van der Waals surface area contributed by atoms with Crippen molar-refractivity contribution in [2.45, 2.75) is 44.9 Å². The first kappa shape index (κ1) is 20.1. The third-order valence-electron chi connectivity index (χ3n) is 4.42. The Labute approximate surface area is 150 Å². The Balaban J connectivity index is 1.75. The van der Waals surface area contributed by atoms with Crippen LogP contribution in [0.25, 0.3) is 0 Å². The Kier molecular flexibility index (Phi) is 6.88. The first-order chi connectivity index (χ1) is 12.2. The largest absolute Gasteiger partial charge is 0.573 e. The number of benzene rings is 1. The number of hydrogen-bond acceptors (Lipinski definition) is 3. The van der Waals surface area contributed by atoms with Gasteiger partial charge in [-0.3, -0.25) is 9.59 Å². The van der Waals surface area contributed by atoms with Crippen LogP contribution in [-0.4, -0.2) is 36.7 Å². The van der Waals surface area contributed by atoms with Gasteiger partial charge >= 0.3 is 6.36 Å². The van der Waals surface area contributed by atoms with Crippen LogP contribution in [-0.2, 0) is 9.59 Å². The van der Waals surface area contributed by atoms with Crippen LogP contribution in [0.1, 0.15) is 38.5 Å². The molecule has 1 aromatic carbocycles. The highest BCUT2D eigenvalue weighted by Gasteiger charge is 2.31. The van der Waals surface area contributed by atoms with Crippen LogP contribution in [0.15, 0.2) is 24.3 Å². The SMILES string of the molecule is CN(CC(=O)Nc1ccc(OC(F)(F)F)cc1)C(=O)CCC1CCCC1. The second-order valence-electron chi connectivity index (χ2n) is 6.56. The molecule has 0 saturated heterocycles. The molecule has 1 N–H and O–H groups in total. The fraction of sp³-hybridized carbons (Fsp3) is 0.556. The summed E-state index contributed by atoms with van der Waals surface area (Å²) < 4.78 is 40.1. The highest BCUT2D eigenvalue weighted by atomic mass is 19.4. The van der Waals surface area contributed by atoms with E-state index in [-0.39, 0.29) is 18.2 Å². The standard InChI is InChI=1S/C18H23F3N2O3/c1-23(17(25)11-6-13-4-2-3-5-13)12-16(24)22-14-7-9-15(10-8-14)26-18(19,20)21/h7-10,13H,2-6,11-12H2,1H3,(H,22,24). The van der Waals surface area contributed by atoms with E-state index in [4.69, 9.17) is 0 Å². The van der Waals surface area contributed by atoms with E-state index in [1.54, 1.807) is 7.05 Å². The number of carbonyl (C=O) groups is 2. The van der Waals surface area contributed by atoms with Gasteiger partial charge in [0, 0.05) is 19.2 Å². The number of halogens is 3. The van der Waals surface area contributed by atoms with Crippen molar-refractivity contribution < 1.29 is 27.5 Å². The first-order valence-corrected chi connectivity index (χ1v) is 8.62. The predicted octanol–water partition coefficient (Wildman–Crippen LogP) is 3.95. The van der Waals surface area contributed by atoms with E-state index in [9.17, 15) is 22.8 Å². The zero-order valence-corrected chi connectivity index (χ0v) is 14.6. The maximum atomic E-state index is 12.1. The molecular formula is C18H23F3N2O3. The van der Waals surface area contributed by atoms with Crippen LogP contribution < -0.4 is 10.1 Å². The number of hydrogen-bond donors (Lipinski definition) is 1. The molecule has 0 heterocycles. The fourth-order valence-electron chi connectivity index (χ4n) is 3.06. The van der Waals surface area contributed by atoms with E-state index in [1.807, 2.05) is 0 Å². The van der Waals surface area contributed by atoms with Gasteiger partial charge in [0.1, 0.15) is 5.75 Å². The summed E-state index contributed by atoms with van der Waals surface area (Å²) in [5.41, 5.74) is 0.330. The quantitative estimate of drug-likeness (QED) is 0.788. The van der Waals surface area contributed by atoms with Crippen molar-refractivity contribution in [2.75, 3.05) is 18.9 Å². The monoisotopic (exact) mass is 372 g/mol. The molecule has 144 valence electrons. The number of likely N-dealkylation sites (N-methyl/N-ethyl adjacent to an activating group) is 1. The predicted molar refractivity (Wildman–Crippen MR) is 90.6 cm³/mol. The minimum atomic E-state index is -4.76. The van der Waals surface area contributed by atoms with Crippen LogP contribution in [0.3, 0.4) is 0 Å². The molecule has 1 aliphatic carbocycles. The molecule has 0 bridgehead atoms. The van der Waals surface area contributed by atoms with Gasteiger partial charge in [-0.05, 0) is 36.6 Å². The summed E-state index contributed by atoms with van der Waals surface area (Å²) >= 11 is 0. The third kappa shape index (κ3) is 6.93. The van der Waals surface area contributed by atoms with Crippen LogP contribution in [0.2, 0.25) is 0 Å². The Bertz CT molecular complexity index is 611. The van der Waals surface area contributed by atoms with E-state index in [0.717, 1.165) is 18.6 Å². The molecule has 8 heteroatoms. The van der Waals surface area contributed by atoms with Crippen molar-refractivity contribution in [2.24, 2.45) is 5.92 Å². The first-order valence-electron chi connectivity index (χ1n) is 8.62. The highest BCUT2D eigenvalue weighted by Crippen LogP contribution is 2.28. The average molecular weight is 372 g/mol. The normalized spacial score (nSPS) is 14.9. The number of alkyl halides is 3. The summed E-state index contributed by atoms with van der Waals surface area (Å²) in [7, 11) is 1.57. The zero-order valence-electron chi connectivity index (χ0n) is 14.6. The second kappa shape index (κ2) is 8.91. The molecule has 0 atom stereocenters. The lowest BCUT2D eigenvalue weighted by molar-refractivity contribution is -0.274. The molecule has 2 amide bonds. The van der Waals surface area contributed by atoms with Gasteiger partial charge in [-0.2, -0.15) is 0 Å². The Hall–Kier alpha value is -2.25. The van der Waals surface area contributed by atoms with E-state index >= 15 is 0 Å². The number of ether oxygens (including phenoxy) is 1. The molecule has 1 aliphatic rings. The highest BCUT2D eigenvalue weighted by molar-refractivity contribution is 5.94. The molecule has 1 aromatic rings. The average Bonchev–Trinajstić information content (AvgIpc) is 3.06. The maximum absolute atomic E-state index is 12.1. The molecule has 1 saturated carbocycles. The zero-order chi connectivity index (χ0) is 19.2. The van der Waals surface area contributed by atoms with Gasteiger partial charge in [0.25, 0.3) is 0 Å². The molecule has 2 rings (SSSR count). The minimum Gasteiger partial charge on any atom is -0.406 e. The van der Waals surface area contributed by atoms with Gasteiger partial charge in [0.2, 0.25) is 11.8 Å². The minimum absolute atomic E-state index is 0.0824. The lowest BCUT2D eigenvalue weighted by Gasteiger charge is -2.18. The van der Waals surface area contributed by atoms with E-state index in [0.29, 0.717) is 18.0 Å². The van der Waals surface area contributed by atoms with Gasteiger partial charge in [-0.1, -0.05) is 25.7 Å². The van der Waals surface area contributed by atoms with E-state index in [1.165, 1.54) is 42.7 Å². The van der Waals surface area contributed by atoms with Crippen LogP contribution in [0, 0.1) is 5.92 Å².